The first kappa shape index (κ1) is 12.6. The Morgan fingerprint density at radius 1 is 1.42 bits per heavy atom. The van der Waals surface area contributed by atoms with E-state index < -0.39 is 0 Å². The van der Waals surface area contributed by atoms with Crippen molar-refractivity contribution in [2.45, 2.75) is 23.5 Å². The zero-order valence-corrected chi connectivity index (χ0v) is 11.8. The molecule has 3 rings (SSSR count). The summed E-state index contributed by atoms with van der Waals surface area (Å²) in [7, 11) is 0. The van der Waals surface area contributed by atoms with Crippen molar-refractivity contribution in [3.05, 3.63) is 50.9 Å². The molecule has 1 aliphatic heterocycles. The van der Waals surface area contributed by atoms with Crippen LogP contribution in [0.1, 0.15) is 12.6 Å². The number of benzene rings is 1. The third-order valence-corrected chi connectivity index (χ3v) is 4.54. The van der Waals surface area contributed by atoms with Crippen LogP contribution in [0, 0.1) is 10.6 Å². The monoisotopic (exact) mass is 294 g/mol. The van der Waals surface area contributed by atoms with Gasteiger partial charge in [0.1, 0.15) is 5.82 Å². The summed E-state index contributed by atoms with van der Waals surface area (Å²) < 4.78 is 14.7. The van der Waals surface area contributed by atoms with Crippen molar-refractivity contribution < 1.29 is 4.39 Å². The number of halogens is 1. The first-order valence-corrected chi connectivity index (χ1v) is 7.16. The molecule has 1 atom stereocenters. The first-order valence-electron chi connectivity index (χ1n) is 5.87. The number of thioether (sulfide) groups is 1. The lowest BCUT2D eigenvalue weighted by Gasteiger charge is -2.08. The lowest BCUT2D eigenvalue weighted by Crippen LogP contribution is -2.22. The van der Waals surface area contributed by atoms with Crippen LogP contribution in [0.5, 0.6) is 0 Å². The molecule has 0 radical (unpaired) electrons. The van der Waals surface area contributed by atoms with Gasteiger partial charge >= 0.3 is 0 Å². The number of H-pyrrole nitrogens is 1. The summed E-state index contributed by atoms with van der Waals surface area (Å²) in [4.78, 5) is 16.3. The maximum absolute atomic E-state index is 12.9. The summed E-state index contributed by atoms with van der Waals surface area (Å²) in [5.41, 5.74) is 1.36. The van der Waals surface area contributed by atoms with E-state index in [-0.39, 0.29) is 11.4 Å². The topological polar surface area (TPSA) is 37.8 Å². The van der Waals surface area contributed by atoms with Gasteiger partial charge in [0.2, 0.25) is 0 Å². The third-order valence-electron chi connectivity index (χ3n) is 3.03. The van der Waals surface area contributed by atoms with E-state index in [4.69, 9.17) is 12.2 Å². The Labute approximate surface area is 118 Å². The van der Waals surface area contributed by atoms with Gasteiger partial charge in [-0.15, -0.1) is 11.8 Å². The Balaban J connectivity index is 2.24. The van der Waals surface area contributed by atoms with Crippen molar-refractivity contribution in [1.82, 2.24) is 9.55 Å². The highest BCUT2D eigenvalue weighted by molar-refractivity contribution is 8.00. The molecule has 2 aromatic rings. The molecular weight excluding hydrogens is 283 g/mol. The number of rotatable bonds is 1. The van der Waals surface area contributed by atoms with Gasteiger partial charge in [-0.1, -0.05) is 6.92 Å². The lowest BCUT2D eigenvalue weighted by atomic mass is 10.2. The number of hydrogen-bond acceptors (Lipinski definition) is 3. The number of nitrogens with zero attached hydrogens (tertiary/aromatic N) is 1. The Kier molecular flexibility index (Phi) is 3.06. The highest BCUT2D eigenvalue weighted by Gasteiger charge is 2.24. The van der Waals surface area contributed by atoms with Gasteiger partial charge in [0.05, 0.1) is 10.6 Å². The molecule has 0 unspecified atom stereocenters. The molecule has 1 aromatic heterocycles. The van der Waals surface area contributed by atoms with Crippen LogP contribution >= 0.6 is 24.0 Å². The molecule has 0 saturated carbocycles. The van der Waals surface area contributed by atoms with Crippen LogP contribution in [-0.2, 0) is 6.42 Å². The van der Waals surface area contributed by atoms with Crippen molar-refractivity contribution in [2.24, 2.45) is 0 Å². The minimum absolute atomic E-state index is 0.125. The standard InChI is InChI=1S/C13H11FN2OS2/c1-7-6-10-11(19-7)12(17)16(13(18)15-10)9-4-2-8(14)3-5-9/h2-5,7H,6H2,1H3,(H,15,18)/t7-/m1/s1. The highest BCUT2D eigenvalue weighted by atomic mass is 32.2. The van der Waals surface area contributed by atoms with Gasteiger partial charge in [0, 0.05) is 17.4 Å². The average Bonchev–Trinajstić information content (AvgIpc) is 2.72. The van der Waals surface area contributed by atoms with E-state index in [1.807, 2.05) is 0 Å². The minimum atomic E-state index is -0.337. The molecule has 0 amide bonds. The second-order valence-electron chi connectivity index (χ2n) is 4.49. The van der Waals surface area contributed by atoms with Crippen molar-refractivity contribution in [2.75, 3.05) is 0 Å². The molecule has 0 fully saturated rings. The molecule has 98 valence electrons. The van der Waals surface area contributed by atoms with Crippen LogP contribution in [0.25, 0.3) is 5.69 Å². The maximum atomic E-state index is 12.9. The van der Waals surface area contributed by atoms with Gasteiger partial charge in [-0.25, -0.2) is 4.39 Å². The smallest absolute Gasteiger partial charge is 0.272 e. The Morgan fingerprint density at radius 3 is 2.79 bits per heavy atom. The molecule has 19 heavy (non-hydrogen) atoms. The van der Waals surface area contributed by atoms with E-state index in [1.165, 1.54) is 16.7 Å². The molecule has 0 bridgehead atoms. The van der Waals surface area contributed by atoms with Crippen LogP contribution in [0.15, 0.2) is 34.0 Å². The van der Waals surface area contributed by atoms with Crippen molar-refractivity contribution >= 4 is 24.0 Å². The third kappa shape index (κ3) is 2.15. The van der Waals surface area contributed by atoms with Gasteiger partial charge in [0.15, 0.2) is 4.77 Å². The van der Waals surface area contributed by atoms with Crippen molar-refractivity contribution in [1.29, 1.82) is 0 Å². The quantitative estimate of drug-likeness (QED) is 0.821. The summed E-state index contributed by atoms with van der Waals surface area (Å²) in [5.74, 6) is -0.337. The molecule has 0 spiro atoms. The van der Waals surface area contributed by atoms with E-state index >= 15 is 0 Å². The molecule has 1 aromatic carbocycles. The average molecular weight is 294 g/mol. The highest BCUT2D eigenvalue weighted by Crippen LogP contribution is 2.32. The molecule has 2 heterocycles. The number of hydrogen-bond donors (Lipinski definition) is 1. The van der Waals surface area contributed by atoms with Crippen LogP contribution in [0.2, 0.25) is 0 Å². The van der Waals surface area contributed by atoms with Gasteiger partial charge in [-0.05, 0) is 36.5 Å². The number of aromatic nitrogens is 2. The zero-order valence-electron chi connectivity index (χ0n) is 10.1. The number of aromatic amines is 1. The maximum Gasteiger partial charge on any atom is 0.272 e. The fourth-order valence-corrected chi connectivity index (χ4v) is 3.62. The Bertz CT molecular complexity index is 749. The molecule has 6 heteroatoms. The fraction of sp³-hybridized carbons (Fsp3) is 0.231. The SMILES string of the molecule is C[C@@H]1Cc2[nH]c(=S)n(-c3ccc(F)cc3)c(=O)c2S1. The Hall–Kier alpha value is -1.40. The van der Waals surface area contributed by atoms with Crippen LogP contribution < -0.4 is 5.56 Å². The first-order chi connectivity index (χ1) is 9.06. The predicted molar refractivity (Wildman–Crippen MR) is 76.2 cm³/mol. The van der Waals surface area contributed by atoms with Crippen molar-refractivity contribution in [3.8, 4) is 5.69 Å². The van der Waals surface area contributed by atoms with E-state index in [0.717, 1.165) is 12.1 Å². The van der Waals surface area contributed by atoms with E-state index in [2.05, 4.69) is 11.9 Å². The van der Waals surface area contributed by atoms with Crippen LogP contribution in [-0.4, -0.2) is 14.8 Å². The number of nitrogens with one attached hydrogen (secondary N) is 1. The van der Waals surface area contributed by atoms with Gasteiger partial charge in [-0.2, -0.15) is 0 Å². The molecule has 3 nitrogen and oxygen atoms in total. The molecular formula is C13H11FN2OS2. The summed E-state index contributed by atoms with van der Waals surface area (Å²) in [6, 6.07) is 5.74. The predicted octanol–water partition coefficient (Wildman–Crippen LogP) is 3.07. The molecule has 0 aliphatic carbocycles. The van der Waals surface area contributed by atoms with Gasteiger partial charge in [0.25, 0.3) is 5.56 Å². The zero-order chi connectivity index (χ0) is 13.6. The van der Waals surface area contributed by atoms with Gasteiger partial charge < -0.3 is 4.98 Å². The Morgan fingerprint density at radius 2 is 2.11 bits per heavy atom. The van der Waals surface area contributed by atoms with Crippen LogP contribution in [0.4, 0.5) is 4.39 Å². The van der Waals surface area contributed by atoms with Gasteiger partial charge in [-0.3, -0.25) is 9.36 Å². The second kappa shape index (κ2) is 4.61. The summed E-state index contributed by atoms with van der Waals surface area (Å²) in [6.45, 7) is 2.07. The largest absolute Gasteiger partial charge is 0.334 e. The fourth-order valence-electron chi connectivity index (χ4n) is 2.18. The normalized spacial score (nSPS) is 17.5. The van der Waals surface area contributed by atoms with E-state index in [0.29, 0.717) is 20.6 Å². The summed E-state index contributed by atoms with van der Waals surface area (Å²) in [6.07, 6.45) is 0.823. The van der Waals surface area contributed by atoms with Crippen LogP contribution in [0.3, 0.4) is 0 Å². The number of fused-ring (bicyclic) bond motifs is 1. The molecule has 0 saturated heterocycles. The van der Waals surface area contributed by atoms with E-state index in [9.17, 15) is 9.18 Å². The molecule has 1 N–H and O–H groups in total. The van der Waals surface area contributed by atoms with E-state index in [1.54, 1.807) is 23.9 Å². The van der Waals surface area contributed by atoms with Crippen molar-refractivity contribution in [3.63, 3.8) is 0 Å². The summed E-state index contributed by atoms with van der Waals surface area (Å²) in [5, 5.41) is 0.373. The second-order valence-corrected chi connectivity index (χ2v) is 6.32. The summed E-state index contributed by atoms with van der Waals surface area (Å²) >= 11 is 6.79. The minimum Gasteiger partial charge on any atom is -0.334 e. The molecule has 1 aliphatic rings. The lowest BCUT2D eigenvalue weighted by molar-refractivity contribution is 0.627.